The Morgan fingerprint density at radius 3 is 2.33 bits per heavy atom. The first-order chi connectivity index (χ1) is 7.43. The van der Waals surface area contributed by atoms with Gasteiger partial charge in [0, 0.05) is 5.38 Å². The highest BCUT2D eigenvalue weighted by molar-refractivity contribution is 7.07. The number of nitrogens with zero attached hydrogens (tertiary/aromatic N) is 1. The molecule has 1 rings (SSSR count). The Morgan fingerprint density at radius 1 is 1.07 bits per heavy atom. The highest BCUT2D eigenvalue weighted by Crippen LogP contribution is 2.11. The molecular formula is C13H22NS. The third-order valence-electron chi connectivity index (χ3n) is 2.72. The van der Waals surface area contributed by atoms with E-state index in [9.17, 15) is 0 Å². The second-order valence-electron chi connectivity index (χ2n) is 4.16. The summed E-state index contributed by atoms with van der Waals surface area (Å²) in [5.74, 6) is 0. The van der Waals surface area contributed by atoms with E-state index in [4.69, 9.17) is 0 Å². The summed E-state index contributed by atoms with van der Waals surface area (Å²) in [6.07, 6.45) is 12.2. The maximum atomic E-state index is 4.17. The minimum absolute atomic E-state index is 1.15. The van der Waals surface area contributed by atoms with Crippen LogP contribution in [0.1, 0.15) is 64.0 Å². The van der Waals surface area contributed by atoms with E-state index in [1.807, 2.05) is 0 Å². The minimum Gasteiger partial charge on any atom is -0.239 e. The number of thiazole rings is 1. The molecule has 1 radical (unpaired) electrons. The number of hydrogen-bond donors (Lipinski definition) is 0. The molecule has 0 aliphatic carbocycles. The highest BCUT2D eigenvalue weighted by Gasteiger charge is 1.95. The van der Waals surface area contributed by atoms with Crippen molar-refractivity contribution in [3.05, 3.63) is 16.6 Å². The number of rotatable bonds is 9. The zero-order chi connectivity index (χ0) is 10.8. The van der Waals surface area contributed by atoms with Crippen LogP contribution in [0.15, 0.2) is 5.38 Å². The van der Waals surface area contributed by atoms with Crippen molar-refractivity contribution in [1.29, 1.82) is 0 Å². The van der Waals surface area contributed by atoms with Crippen molar-refractivity contribution in [1.82, 2.24) is 4.98 Å². The van der Waals surface area contributed by atoms with Gasteiger partial charge in [0.2, 0.25) is 0 Å². The molecule has 1 heterocycles. The second kappa shape index (κ2) is 8.90. The molecule has 0 saturated carbocycles. The summed E-state index contributed by atoms with van der Waals surface area (Å²) >= 11 is 1.58. The molecule has 0 unspecified atom stereocenters. The molecule has 0 aliphatic heterocycles. The molecule has 0 N–H and O–H groups in total. The molecule has 0 fully saturated rings. The lowest BCUT2D eigenvalue weighted by molar-refractivity contribution is 0.574. The van der Waals surface area contributed by atoms with E-state index in [2.05, 4.69) is 22.8 Å². The molecule has 15 heavy (non-hydrogen) atoms. The van der Waals surface area contributed by atoms with Gasteiger partial charge in [0.05, 0.1) is 5.69 Å². The molecule has 1 aromatic rings. The van der Waals surface area contributed by atoms with E-state index in [1.54, 1.807) is 11.3 Å². The minimum atomic E-state index is 1.15. The fraction of sp³-hybridized carbons (Fsp3) is 0.769. The van der Waals surface area contributed by atoms with Crippen molar-refractivity contribution in [2.45, 2.75) is 64.7 Å². The Hall–Kier alpha value is -0.370. The maximum absolute atomic E-state index is 4.17. The molecule has 1 aromatic heterocycles. The van der Waals surface area contributed by atoms with E-state index in [0.717, 1.165) is 6.42 Å². The van der Waals surface area contributed by atoms with E-state index in [1.165, 1.54) is 57.1 Å². The molecular weight excluding hydrogens is 202 g/mol. The van der Waals surface area contributed by atoms with Crippen molar-refractivity contribution in [2.24, 2.45) is 0 Å². The van der Waals surface area contributed by atoms with E-state index >= 15 is 0 Å². The molecule has 0 spiro atoms. The lowest BCUT2D eigenvalue weighted by atomic mass is 10.1. The van der Waals surface area contributed by atoms with Crippen molar-refractivity contribution in [2.75, 3.05) is 0 Å². The molecule has 0 saturated heterocycles. The second-order valence-corrected chi connectivity index (χ2v) is 4.81. The smallest absolute Gasteiger partial charge is 0.152 e. The molecule has 0 atom stereocenters. The van der Waals surface area contributed by atoms with Gasteiger partial charge in [-0.15, -0.1) is 11.3 Å². The Morgan fingerprint density at radius 2 is 1.73 bits per heavy atom. The van der Waals surface area contributed by atoms with Gasteiger partial charge in [-0.2, -0.15) is 0 Å². The van der Waals surface area contributed by atoms with Gasteiger partial charge < -0.3 is 0 Å². The monoisotopic (exact) mass is 224 g/mol. The SMILES string of the molecule is CCCCCCCCCCc1cs[c]n1. The normalized spacial score (nSPS) is 10.7. The van der Waals surface area contributed by atoms with Crippen LogP contribution in [0, 0.1) is 5.51 Å². The summed E-state index contributed by atoms with van der Waals surface area (Å²) in [6.45, 7) is 2.27. The van der Waals surface area contributed by atoms with Gasteiger partial charge in [-0.25, -0.2) is 4.98 Å². The summed E-state index contributed by atoms with van der Waals surface area (Å²) in [7, 11) is 0. The number of aromatic nitrogens is 1. The topological polar surface area (TPSA) is 12.9 Å². The Kier molecular flexibility index (Phi) is 7.53. The number of hydrogen-bond acceptors (Lipinski definition) is 2. The zero-order valence-corrected chi connectivity index (χ0v) is 10.6. The van der Waals surface area contributed by atoms with Crippen molar-refractivity contribution >= 4 is 11.3 Å². The van der Waals surface area contributed by atoms with Crippen LogP contribution in [-0.4, -0.2) is 4.98 Å². The number of aryl methyl sites for hydroxylation is 1. The summed E-state index contributed by atoms with van der Waals surface area (Å²) in [5, 5.41) is 2.11. The largest absolute Gasteiger partial charge is 0.239 e. The summed E-state index contributed by atoms with van der Waals surface area (Å²) in [5.41, 5.74) is 4.12. The fourth-order valence-corrected chi connectivity index (χ4v) is 2.29. The fourth-order valence-electron chi connectivity index (χ4n) is 1.76. The molecule has 0 aliphatic rings. The van der Waals surface area contributed by atoms with Crippen LogP contribution < -0.4 is 0 Å². The average molecular weight is 224 g/mol. The molecule has 85 valence electrons. The first kappa shape index (κ1) is 12.7. The van der Waals surface area contributed by atoms with Gasteiger partial charge in [-0.3, -0.25) is 0 Å². The average Bonchev–Trinajstić information content (AvgIpc) is 2.75. The predicted molar refractivity (Wildman–Crippen MR) is 67.3 cm³/mol. The van der Waals surface area contributed by atoms with Gasteiger partial charge in [0.15, 0.2) is 5.51 Å². The summed E-state index contributed by atoms with van der Waals surface area (Å²) in [6, 6.07) is 0. The van der Waals surface area contributed by atoms with Crippen LogP contribution in [0.4, 0.5) is 0 Å². The van der Waals surface area contributed by atoms with E-state index in [-0.39, 0.29) is 0 Å². The standard InChI is InChI=1S/C13H22NS/c1-2-3-4-5-6-7-8-9-10-13-11-15-12-14-13/h11H,2-10H2,1H3. The molecule has 2 heteroatoms. The zero-order valence-electron chi connectivity index (χ0n) is 9.80. The first-order valence-electron chi connectivity index (χ1n) is 6.24. The molecule has 0 aromatic carbocycles. The van der Waals surface area contributed by atoms with Gasteiger partial charge in [-0.1, -0.05) is 51.9 Å². The van der Waals surface area contributed by atoms with Gasteiger partial charge in [0.1, 0.15) is 0 Å². The molecule has 1 nitrogen and oxygen atoms in total. The lowest BCUT2D eigenvalue weighted by Gasteiger charge is -2.00. The summed E-state index contributed by atoms with van der Waals surface area (Å²) < 4.78 is 0. The first-order valence-corrected chi connectivity index (χ1v) is 7.12. The van der Waals surface area contributed by atoms with Crippen molar-refractivity contribution < 1.29 is 0 Å². The van der Waals surface area contributed by atoms with Crippen molar-refractivity contribution in [3.8, 4) is 0 Å². The highest BCUT2D eigenvalue weighted by atomic mass is 32.1. The van der Waals surface area contributed by atoms with Crippen LogP contribution >= 0.6 is 11.3 Å². The van der Waals surface area contributed by atoms with Crippen LogP contribution in [0.25, 0.3) is 0 Å². The van der Waals surface area contributed by atoms with E-state index in [0.29, 0.717) is 0 Å². The Balaban J connectivity index is 1.81. The van der Waals surface area contributed by atoms with Crippen LogP contribution in [0.5, 0.6) is 0 Å². The molecule has 0 bridgehead atoms. The molecule has 0 amide bonds. The van der Waals surface area contributed by atoms with Crippen LogP contribution in [0.2, 0.25) is 0 Å². The number of unbranched alkanes of at least 4 members (excludes halogenated alkanes) is 7. The van der Waals surface area contributed by atoms with Crippen LogP contribution in [-0.2, 0) is 6.42 Å². The van der Waals surface area contributed by atoms with Crippen LogP contribution in [0.3, 0.4) is 0 Å². The Bertz CT molecular complexity index is 218. The van der Waals surface area contributed by atoms with Crippen molar-refractivity contribution in [3.63, 3.8) is 0 Å². The summed E-state index contributed by atoms with van der Waals surface area (Å²) in [4.78, 5) is 4.17. The quantitative estimate of drug-likeness (QED) is 0.557. The third kappa shape index (κ3) is 6.67. The van der Waals surface area contributed by atoms with Gasteiger partial charge >= 0.3 is 0 Å². The predicted octanol–water partition coefficient (Wildman–Crippen LogP) is 4.63. The maximum Gasteiger partial charge on any atom is 0.152 e. The third-order valence-corrected chi connectivity index (χ3v) is 3.31. The van der Waals surface area contributed by atoms with Gasteiger partial charge in [-0.05, 0) is 12.8 Å². The van der Waals surface area contributed by atoms with E-state index < -0.39 is 0 Å². The Labute approximate surface area is 97.9 Å². The van der Waals surface area contributed by atoms with Gasteiger partial charge in [0.25, 0.3) is 0 Å². The lowest BCUT2D eigenvalue weighted by Crippen LogP contribution is -1.86.